The van der Waals surface area contributed by atoms with Crippen LogP contribution in [0, 0.1) is 11.8 Å². The van der Waals surface area contributed by atoms with E-state index < -0.39 is 35.6 Å². The van der Waals surface area contributed by atoms with Crippen molar-refractivity contribution in [2.75, 3.05) is 31.2 Å². The molecule has 2 bridgehead atoms. The van der Waals surface area contributed by atoms with Crippen molar-refractivity contribution in [3.05, 3.63) is 49.6 Å². The number of ether oxygens (including phenoxy) is 2. The molecule has 0 saturated carbocycles. The molecule has 4 rings (SSSR count). The highest BCUT2D eigenvalue weighted by atomic mass is 16.5. The molecule has 6 atom stereocenters. The average molecular weight is 554 g/mol. The number of benzene rings is 1. The standard InChI is InChI=1S/C31H43N3O6/c1-7-17-32(20(5)6)30(38)27-31-16-15-24(40-31)25(26(31)29(37)34(27)21(9-3)19-35)28(36)33(18-8-2)22-11-13-23(14-12-22)39-10-4/h7-8,11-14,20-21,24-27,35H,1-2,9-10,15-19H2,3-6H3/t21-,24-,25+,26-,27?,31?/m0/s1. The Balaban J connectivity index is 1.76. The van der Waals surface area contributed by atoms with Gasteiger partial charge in [0.05, 0.1) is 37.2 Å². The van der Waals surface area contributed by atoms with Gasteiger partial charge in [-0.25, -0.2) is 0 Å². The highest BCUT2D eigenvalue weighted by Crippen LogP contribution is 2.59. The van der Waals surface area contributed by atoms with Crippen LogP contribution in [0.2, 0.25) is 0 Å². The number of amides is 3. The van der Waals surface area contributed by atoms with Crippen molar-refractivity contribution in [3.8, 4) is 5.75 Å². The molecule has 3 aliphatic rings. The van der Waals surface area contributed by atoms with Gasteiger partial charge >= 0.3 is 0 Å². The molecule has 1 N–H and O–H groups in total. The lowest BCUT2D eigenvalue weighted by Crippen LogP contribution is -2.59. The van der Waals surface area contributed by atoms with E-state index in [0.717, 1.165) is 0 Å². The number of rotatable bonds is 13. The van der Waals surface area contributed by atoms with Crippen LogP contribution in [0.1, 0.15) is 47.0 Å². The maximum Gasteiger partial charge on any atom is 0.248 e. The van der Waals surface area contributed by atoms with Crippen LogP contribution in [0.5, 0.6) is 5.75 Å². The van der Waals surface area contributed by atoms with E-state index in [1.54, 1.807) is 22.0 Å². The molecule has 9 nitrogen and oxygen atoms in total. The Kier molecular flexibility index (Phi) is 9.05. The minimum Gasteiger partial charge on any atom is -0.494 e. The van der Waals surface area contributed by atoms with Crippen LogP contribution in [0.15, 0.2) is 49.6 Å². The van der Waals surface area contributed by atoms with Gasteiger partial charge in [0, 0.05) is 24.8 Å². The Hall–Kier alpha value is -3.17. The van der Waals surface area contributed by atoms with Crippen LogP contribution in [-0.2, 0) is 19.1 Å². The first-order valence-electron chi connectivity index (χ1n) is 14.4. The fourth-order valence-corrected chi connectivity index (χ4v) is 6.83. The van der Waals surface area contributed by atoms with Gasteiger partial charge < -0.3 is 29.3 Å². The Morgan fingerprint density at radius 3 is 2.40 bits per heavy atom. The van der Waals surface area contributed by atoms with Crippen LogP contribution in [0.25, 0.3) is 0 Å². The number of carbonyl (C=O) groups excluding carboxylic acids is 3. The van der Waals surface area contributed by atoms with Crippen molar-refractivity contribution in [2.45, 2.75) is 76.8 Å². The van der Waals surface area contributed by atoms with Crippen molar-refractivity contribution in [1.82, 2.24) is 9.80 Å². The molecule has 218 valence electrons. The predicted octanol–water partition coefficient (Wildman–Crippen LogP) is 3.17. The molecule has 3 amide bonds. The monoisotopic (exact) mass is 553 g/mol. The summed E-state index contributed by atoms with van der Waals surface area (Å²) in [5.74, 6) is -1.64. The number of aliphatic hydroxyl groups excluding tert-OH is 1. The third-order valence-corrected chi connectivity index (χ3v) is 8.60. The van der Waals surface area contributed by atoms with E-state index in [1.165, 1.54) is 4.90 Å². The summed E-state index contributed by atoms with van der Waals surface area (Å²) in [6.45, 7) is 16.1. The average Bonchev–Trinajstić information content (AvgIpc) is 3.59. The minimum absolute atomic E-state index is 0.133. The van der Waals surface area contributed by atoms with Gasteiger partial charge in [0.15, 0.2) is 0 Å². The zero-order valence-electron chi connectivity index (χ0n) is 24.1. The quantitative estimate of drug-likeness (QED) is 0.377. The maximum absolute atomic E-state index is 14.3. The van der Waals surface area contributed by atoms with Crippen LogP contribution in [0.4, 0.5) is 5.69 Å². The summed E-state index contributed by atoms with van der Waals surface area (Å²) in [4.78, 5) is 47.6. The molecular weight excluding hydrogens is 510 g/mol. The first kappa shape index (κ1) is 29.8. The molecule has 40 heavy (non-hydrogen) atoms. The minimum atomic E-state index is -1.13. The Morgan fingerprint density at radius 1 is 1.18 bits per heavy atom. The van der Waals surface area contributed by atoms with E-state index in [4.69, 9.17) is 9.47 Å². The molecule has 2 unspecified atom stereocenters. The van der Waals surface area contributed by atoms with E-state index in [1.807, 2.05) is 52.0 Å². The molecule has 0 aromatic heterocycles. The first-order chi connectivity index (χ1) is 19.2. The summed E-state index contributed by atoms with van der Waals surface area (Å²) >= 11 is 0. The lowest BCUT2D eigenvalue weighted by molar-refractivity contribution is -0.152. The van der Waals surface area contributed by atoms with Gasteiger partial charge in [-0.05, 0) is 64.3 Å². The van der Waals surface area contributed by atoms with E-state index in [9.17, 15) is 19.5 Å². The fraction of sp³-hybridized carbons (Fsp3) is 0.581. The largest absolute Gasteiger partial charge is 0.494 e. The van der Waals surface area contributed by atoms with Crippen molar-refractivity contribution in [2.24, 2.45) is 11.8 Å². The number of fused-ring (bicyclic) bond motifs is 1. The van der Waals surface area contributed by atoms with Gasteiger partial charge in [-0.1, -0.05) is 19.1 Å². The molecular formula is C31H43N3O6. The number of hydrogen-bond donors (Lipinski definition) is 1. The zero-order chi connectivity index (χ0) is 29.2. The molecule has 0 radical (unpaired) electrons. The van der Waals surface area contributed by atoms with Gasteiger partial charge in [0.25, 0.3) is 0 Å². The molecule has 3 heterocycles. The predicted molar refractivity (Wildman–Crippen MR) is 153 cm³/mol. The number of carbonyl (C=O) groups is 3. The first-order valence-corrected chi connectivity index (χ1v) is 14.4. The fourth-order valence-electron chi connectivity index (χ4n) is 6.83. The summed E-state index contributed by atoms with van der Waals surface area (Å²) in [5, 5.41) is 10.3. The van der Waals surface area contributed by atoms with Gasteiger partial charge in [-0.15, -0.1) is 13.2 Å². The van der Waals surface area contributed by atoms with Crippen LogP contribution in [-0.4, -0.2) is 88.8 Å². The molecule has 0 aliphatic carbocycles. The summed E-state index contributed by atoms with van der Waals surface area (Å²) in [6, 6.07) is 5.64. The smallest absolute Gasteiger partial charge is 0.248 e. The highest BCUT2D eigenvalue weighted by molar-refractivity contribution is 6.03. The lowest BCUT2D eigenvalue weighted by atomic mass is 9.70. The van der Waals surface area contributed by atoms with Crippen molar-refractivity contribution >= 4 is 23.4 Å². The van der Waals surface area contributed by atoms with Gasteiger partial charge in [0.2, 0.25) is 17.7 Å². The van der Waals surface area contributed by atoms with Crippen molar-refractivity contribution < 1.29 is 29.0 Å². The number of nitrogens with zero attached hydrogens (tertiary/aromatic N) is 3. The number of likely N-dealkylation sites (tertiary alicyclic amines) is 1. The Bertz CT molecular complexity index is 1120. The van der Waals surface area contributed by atoms with Crippen LogP contribution in [0.3, 0.4) is 0 Å². The number of anilines is 1. The Labute approximate surface area is 237 Å². The second kappa shape index (κ2) is 12.1. The summed E-state index contributed by atoms with van der Waals surface area (Å²) in [6.07, 6.45) is 4.38. The van der Waals surface area contributed by atoms with Gasteiger partial charge in [0.1, 0.15) is 17.4 Å². The Morgan fingerprint density at radius 2 is 1.85 bits per heavy atom. The van der Waals surface area contributed by atoms with E-state index in [0.29, 0.717) is 43.9 Å². The molecule has 3 saturated heterocycles. The molecule has 1 aromatic rings. The zero-order valence-corrected chi connectivity index (χ0v) is 24.1. The molecule has 3 aliphatic heterocycles. The molecule has 9 heteroatoms. The lowest BCUT2D eigenvalue weighted by Gasteiger charge is -2.40. The number of hydrogen-bond acceptors (Lipinski definition) is 6. The van der Waals surface area contributed by atoms with E-state index in [2.05, 4.69) is 13.2 Å². The van der Waals surface area contributed by atoms with Crippen molar-refractivity contribution in [1.29, 1.82) is 0 Å². The van der Waals surface area contributed by atoms with Crippen molar-refractivity contribution in [3.63, 3.8) is 0 Å². The van der Waals surface area contributed by atoms with Gasteiger partial charge in [-0.2, -0.15) is 0 Å². The normalized spacial score (nSPS) is 27.4. The van der Waals surface area contributed by atoms with E-state index >= 15 is 0 Å². The second-order valence-corrected chi connectivity index (χ2v) is 11.1. The third kappa shape index (κ3) is 4.83. The van der Waals surface area contributed by atoms with E-state index in [-0.39, 0.29) is 36.9 Å². The maximum atomic E-state index is 14.3. The van der Waals surface area contributed by atoms with Gasteiger partial charge in [-0.3, -0.25) is 14.4 Å². The molecule has 1 aromatic carbocycles. The third-order valence-electron chi connectivity index (χ3n) is 8.60. The van der Waals surface area contributed by atoms with Crippen LogP contribution >= 0.6 is 0 Å². The molecule has 1 spiro atoms. The second-order valence-electron chi connectivity index (χ2n) is 11.1. The SMILES string of the molecule is C=CCN(C(=O)[C@@H]1[C@@H]2CCC3(O2)C(C(=O)N(CC=C)C(C)C)N([C@@H](CC)CO)C(=O)[C@H]13)c1ccc(OCC)cc1. The number of aliphatic hydroxyl groups is 1. The summed E-state index contributed by atoms with van der Waals surface area (Å²) in [7, 11) is 0. The molecule has 3 fully saturated rings. The summed E-state index contributed by atoms with van der Waals surface area (Å²) < 4.78 is 12.2. The van der Waals surface area contributed by atoms with Crippen LogP contribution < -0.4 is 9.64 Å². The topological polar surface area (TPSA) is 99.6 Å². The summed E-state index contributed by atoms with van der Waals surface area (Å²) in [5.41, 5.74) is -0.465. The highest BCUT2D eigenvalue weighted by Gasteiger charge is 2.75.